The Morgan fingerprint density at radius 2 is 1.76 bits per heavy atom. The first-order valence-corrected chi connectivity index (χ1v) is 9.18. The average Bonchev–Trinajstić information content (AvgIpc) is 3.16. The van der Waals surface area contributed by atoms with E-state index in [0.29, 0.717) is 6.61 Å². The van der Waals surface area contributed by atoms with Crippen molar-refractivity contribution in [1.82, 2.24) is 0 Å². The number of hydrogen-bond acceptors (Lipinski definition) is 4. The number of thiophene rings is 1. The van der Waals surface area contributed by atoms with Crippen molar-refractivity contribution >= 4 is 11.3 Å². The Hall–Kier alpha value is -2.30. The van der Waals surface area contributed by atoms with Crippen molar-refractivity contribution in [2.24, 2.45) is 5.73 Å². The summed E-state index contributed by atoms with van der Waals surface area (Å²) >= 11 is 1.69. The third kappa shape index (κ3) is 4.62. The molecule has 0 saturated carbocycles. The summed E-state index contributed by atoms with van der Waals surface area (Å²) < 4.78 is 11.4. The van der Waals surface area contributed by atoms with Gasteiger partial charge >= 0.3 is 0 Å². The Balaban J connectivity index is 1.67. The Morgan fingerprint density at radius 1 is 1.00 bits per heavy atom. The van der Waals surface area contributed by atoms with Crippen LogP contribution in [-0.4, -0.2) is 7.11 Å². The molecule has 1 aromatic heterocycles. The van der Waals surface area contributed by atoms with E-state index < -0.39 is 0 Å². The molecule has 0 fully saturated rings. The first kappa shape index (κ1) is 17.5. The van der Waals surface area contributed by atoms with Gasteiger partial charge in [-0.15, -0.1) is 11.3 Å². The molecule has 25 heavy (non-hydrogen) atoms. The number of methoxy groups -OCH3 is 1. The highest BCUT2D eigenvalue weighted by atomic mass is 32.1. The number of rotatable bonds is 7. The van der Waals surface area contributed by atoms with Crippen LogP contribution in [0.4, 0.5) is 0 Å². The zero-order valence-corrected chi connectivity index (χ0v) is 15.4. The van der Waals surface area contributed by atoms with Crippen molar-refractivity contribution < 1.29 is 9.47 Å². The van der Waals surface area contributed by atoms with Gasteiger partial charge in [-0.3, -0.25) is 0 Å². The maximum absolute atomic E-state index is 6.29. The zero-order chi connectivity index (χ0) is 17.6. The predicted octanol–water partition coefficient (Wildman–Crippen LogP) is 4.89. The van der Waals surface area contributed by atoms with Gasteiger partial charge in [0.1, 0.15) is 6.61 Å². The molecule has 3 rings (SSSR count). The van der Waals surface area contributed by atoms with Crippen LogP contribution >= 0.6 is 11.3 Å². The van der Waals surface area contributed by atoms with Gasteiger partial charge < -0.3 is 15.2 Å². The Morgan fingerprint density at radius 3 is 2.44 bits per heavy atom. The number of ether oxygens (including phenoxy) is 2. The first-order chi connectivity index (χ1) is 12.2. The van der Waals surface area contributed by atoms with Gasteiger partial charge in [0, 0.05) is 10.9 Å². The average molecular weight is 353 g/mol. The van der Waals surface area contributed by atoms with Gasteiger partial charge in [0.25, 0.3) is 0 Å². The number of hydrogen-bond donors (Lipinski definition) is 1. The van der Waals surface area contributed by atoms with Gasteiger partial charge in [0.2, 0.25) is 0 Å². The molecule has 0 spiro atoms. The molecule has 2 aromatic carbocycles. The van der Waals surface area contributed by atoms with Crippen molar-refractivity contribution in [3.63, 3.8) is 0 Å². The van der Waals surface area contributed by atoms with Crippen molar-refractivity contribution in [3.05, 3.63) is 81.5 Å². The molecule has 0 bridgehead atoms. The highest BCUT2D eigenvalue weighted by molar-refractivity contribution is 7.10. The topological polar surface area (TPSA) is 44.5 Å². The highest BCUT2D eigenvalue weighted by Crippen LogP contribution is 2.30. The lowest BCUT2D eigenvalue weighted by molar-refractivity contribution is 0.284. The van der Waals surface area contributed by atoms with Crippen LogP contribution in [-0.2, 0) is 13.0 Å². The molecular weight excluding hydrogens is 330 g/mol. The van der Waals surface area contributed by atoms with Crippen molar-refractivity contribution in [2.75, 3.05) is 7.11 Å². The molecule has 130 valence electrons. The van der Waals surface area contributed by atoms with E-state index in [1.807, 2.05) is 18.2 Å². The molecule has 2 N–H and O–H groups in total. The quantitative estimate of drug-likeness (QED) is 0.658. The standard InChI is InChI=1S/C21H23NO2S/c1-15-5-7-16(8-6-15)14-24-19-10-9-17(13-20(19)23-2)12-18(22)21-4-3-11-25-21/h3-11,13,18H,12,14,22H2,1-2H3. The highest BCUT2D eigenvalue weighted by Gasteiger charge is 2.11. The fourth-order valence-corrected chi connectivity index (χ4v) is 3.39. The summed E-state index contributed by atoms with van der Waals surface area (Å²) in [6.07, 6.45) is 0.773. The lowest BCUT2D eigenvalue weighted by Crippen LogP contribution is -2.11. The maximum Gasteiger partial charge on any atom is 0.161 e. The molecule has 1 heterocycles. The van der Waals surface area contributed by atoms with Crippen LogP contribution in [0.3, 0.4) is 0 Å². The SMILES string of the molecule is COc1cc(CC(N)c2cccs2)ccc1OCc1ccc(C)cc1. The van der Waals surface area contributed by atoms with Gasteiger partial charge in [-0.2, -0.15) is 0 Å². The van der Waals surface area contributed by atoms with Crippen LogP contribution in [0.5, 0.6) is 11.5 Å². The molecule has 0 saturated heterocycles. The molecule has 4 heteroatoms. The Bertz CT molecular complexity index is 797. The van der Waals surface area contributed by atoms with Crippen LogP contribution in [0.15, 0.2) is 60.0 Å². The van der Waals surface area contributed by atoms with Crippen molar-refractivity contribution in [1.29, 1.82) is 0 Å². The smallest absolute Gasteiger partial charge is 0.161 e. The second-order valence-electron chi connectivity index (χ2n) is 6.09. The minimum Gasteiger partial charge on any atom is -0.493 e. The van der Waals surface area contributed by atoms with E-state index in [-0.39, 0.29) is 6.04 Å². The molecule has 0 radical (unpaired) electrons. The van der Waals surface area contributed by atoms with E-state index in [1.165, 1.54) is 10.4 Å². The predicted molar refractivity (Wildman–Crippen MR) is 103 cm³/mol. The maximum atomic E-state index is 6.29. The molecule has 0 aliphatic carbocycles. The monoisotopic (exact) mass is 353 g/mol. The summed E-state index contributed by atoms with van der Waals surface area (Å²) in [5, 5.41) is 2.05. The largest absolute Gasteiger partial charge is 0.493 e. The third-order valence-electron chi connectivity index (χ3n) is 4.11. The summed E-state index contributed by atoms with van der Waals surface area (Å²) in [5.74, 6) is 1.49. The second kappa shape index (κ2) is 8.19. The minimum atomic E-state index is 0.00373. The van der Waals surface area contributed by atoms with Crippen molar-refractivity contribution in [3.8, 4) is 11.5 Å². The van der Waals surface area contributed by atoms with Gasteiger partial charge in [-0.25, -0.2) is 0 Å². The van der Waals surface area contributed by atoms with Crippen LogP contribution in [0.1, 0.15) is 27.6 Å². The molecule has 0 amide bonds. The lowest BCUT2D eigenvalue weighted by atomic mass is 10.0. The number of aryl methyl sites for hydroxylation is 1. The minimum absolute atomic E-state index is 0.00373. The molecule has 1 atom stereocenters. The number of benzene rings is 2. The molecule has 0 aliphatic heterocycles. The van der Waals surface area contributed by atoms with Gasteiger partial charge in [0.15, 0.2) is 11.5 Å². The van der Waals surface area contributed by atoms with Gasteiger partial charge in [0.05, 0.1) is 7.11 Å². The van der Waals surface area contributed by atoms with Crippen LogP contribution in [0.25, 0.3) is 0 Å². The third-order valence-corrected chi connectivity index (χ3v) is 5.11. The van der Waals surface area contributed by atoms with Crippen LogP contribution in [0, 0.1) is 6.92 Å². The molecule has 0 aliphatic rings. The molecular formula is C21H23NO2S. The van der Waals surface area contributed by atoms with Gasteiger partial charge in [-0.1, -0.05) is 42.0 Å². The fourth-order valence-electron chi connectivity index (χ4n) is 2.66. The molecule has 1 unspecified atom stereocenters. The fraction of sp³-hybridized carbons (Fsp3) is 0.238. The summed E-state index contributed by atoms with van der Waals surface area (Å²) in [6, 6.07) is 18.5. The molecule has 3 nitrogen and oxygen atoms in total. The van der Waals surface area contributed by atoms with E-state index >= 15 is 0 Å². The van der Waals surface area contributed by atoms with E-state index in [9.17, 15) is 0 Å². The lowest BCUT2D eigenvalue weighted by Gasteiger charge is -2.14. The van der Waals surface area contributed by atoms with E-state index in [1.54, 1.807) is 18.4 Å². The summed E-state index contributed by atoms with van der Waals surface area (Å²) in [5.41, 5.74) is 9.80. The summed E-state index contributed by atoms with van der Waals surface area (Å²) in [6.45, 7) is 2.60. The normalized spacial score (nSPS) is 12.0. The Kier molecular flexibility index (Phi) is 5.74. The van der Waals surface area contributed by atoms with E-state index in [4.69, 9.17) is 15.2 Å². The zero-order valence-electron chi connectivity index (χ0n) is 14.6. The Labute approximate surface area is 153 Å². The molecule has 3 aromatic rings. The van der Waals surface area contributed by atoms with Crippen LogP contribution in [0.2, 0.25) is 0 Å². The summed E-state index contributed by atoms with van der Waals surface area (Å²) in [4.78, 5) is 1.19. The second-order valence-corrected chi connectivity index (χ2v) is 7.06. The first-order valence-electron chi connectivity index (χ1n) is 8.30. The summed E-state index contributed by atoms with van der Waals surface area (Å²) in [7, 11) is 1.66. The van der Waals surface area contributed by atoms with Gasteiger partial charge in [-0.05, 0) is 48.1 Å². The van der Waals surface area contributed by atoms with E-state index in [0.717, 1.165) is 29.0 Å². The number of nitrogens with two attached hydrogens (primary N) is 1. The van der Waals surface area contributed by atoms with Crippen molar-refractivity contribution in [2.45, 2.75) is 26.0 Å². The van der Waals surface area contributed by atoms with E-state index in [2.05, 4.69) is 48.7 Å². The van der Waals surface area contributed by atoms with Crippen LogP contribution < -0.4 is 15.2 Å².